The molecular weight excluding hydrogens is 356 g/mol. The summed E-state index contributed by atoms with van der Waals surface area (Å²) in [6.07, 6.45) is 3.43. The number of carbonyl (C=O) groups excluding carboxylic acids is 1. The molecule has 1 aromatic rings. The molecule has 0 radical (unpaired) electrons. The second-order valence-corrected chi connectivity index (χ2v) is 8.77. The van der Waals surface area contributed by atoms with Crippen LogP contribution in [0.1, 0.15) is 6.42 Å². The van der Waals surface area contributed by atoms with Crippen LogP contribution in [0.25, 0.3) is 0 Å². The van der Waals surface area contributed by atoms with E-state index in [0.717, 1.165) is 13.1 Å². The Morgan fingerprint density at radius 1 is 1.00 bits per heavy atom. The van der Waals surface area contributed by atoms with E-state index in [1.165, 1.54) is 4.31 Å². The predicted octanol–water partition coefficient (Wildman–Crippen LogP) is -0.907. The lowest BCUT2D eigenvalue weighted by molar-refractivity contribution is -0.131. The number of piperazine rings is 2. The van der Waals surface area contributed by atoms with Crippen molar-refractivity contribution in [2.45, 2.75) is 6.42 Å². The lowest BCUT2D eigenvalue weighted by Crippen LogP contribution is -2.50. The molecule has 0 saturated carbocycles. The van der Waals surface area contributed by atoms with Crippen molar-refractivity contribution in [2.24, 2.45) is 0 Å². The van der Waals surface area contributed by atoms with Gasteiger partial charge < -0.3 is 14.7 Å². The number of likely N-dealkylation sites (N-methyl/N-ethyl adjacent to an activating group) is 1. The third-order valence-electron chi connectivity index (χ3n) is 4.90. The van der Waals surface area contributed by atoms with E-state index in [-0.39, 0.29) is 18.1 Å². The Bertz CT molecular complexity index is 698. The minimum Gasteiger partial charge on any atom is -0.339 e. The van der Waals surface area contributed by atoms with Crippen LogP contribution in [0.4, 0.5) is 5.95 Å². The number of hydrogen-bond acceptors (Lipinski definition) is 7. The van der Waals surface area contributed by atoms with E-state index >= 15 is 0 Å². The van der Waals surface area contributed by atoms with E-state index in [1.807, 2.05) is 11.9 Å². The molecule has 2 aliphatic rings. The number of anilines is 1. The van der Waals surface area contributed by atoms with E-state index in [9.17, 15) is 13.2 Å². The summed E-state index contributed by atoms with van der Waals surface area (Å²) in [7, 11) is -1.39. The minimum absolute atomic E-state index is 0.0382. The Morgan fingerprint density at radius 3 is 2.23 bits per heavy atom. The molecule has 144 valence electrons. The zero-order valence-electron chi connectivity index (χ0n) is 15.1. The zero-order chi connectivity index (χ0) is 18.6. The molecule has 1 amide bonds. The second kappa shape index (κ2) is 8.28. The third-order valence-corrected chi connectivity index (χ3v) is 6.77. The zero-order valence-corrected chi connectivity index (χ0v) is 15.9. The van der Waals surface area contributed by atoms with Crippen LogP contribution in [0.5, 0.6) is 0 Å². The molecule has 0 aromatic carbocycles. The first-order valence-corrected chi connectivity index (χ1v) is 10.5. The van der Waals surface area contributed by atoms with Crippen LogP contribution in [-0.4, -0.2) is 104 Å². The summed E-state index contributed by atoms with van der Waals surface area (Å²) >= 11 is 0. The van der Waals surface area contributed by atoms with Crippen molar-refractivity contribution in [1.29, 1.82) is 0 Å². The van der Waals surface area contributed by atoms with E-state index < -0.39 is 10.0 Å². The van der Waals surface area contributed by atoms with E-state index in [4.69, 9.17) is 0 Å². The standard InChI is InChI=1S/C16H26N6O3S/c1-19-6-12-22(13-7-19)26(24,25)14-3-15(23)20-8-10-21(11-9-20)16-17-4-2-5-18-16/h2,4-5H,3,6-14H2,1H3. The number of rotatable bonds is 5. The maximum absolute atomic E-state index is 12.4. The highest BCUT2D eigenvalue weighted by Crippen LogP contribution is 2.12. The van der Waals surface area contributed by atoms with Gasteiger partial charge in [0.2, 0.25) is 21.9 Å². The molecule has 26 heavy (non-hydrogen) atoms. The van der Waals surface area contributed by atoms with E-state index in [2.05, 4.69) is 14.9 Å². The first-order valence-electron chi connectivity index (χ1n) is 8.92. The molecule has 9 nitrogen and oxygen atoms in total. The minimum atomic E-state index is -3.37. The van der Waals surface area contributed by atoms with Gasteiger partial charge in [-0.15, -0.1) is 0 Å². The SMILES string of the molecule is CN1CCN(S(=O)(=O)CCC(=O)N2CCN(c3ncccn3)CC2)CC1. The van der Waals surface area contributed by atoms with Crippen molar-refractivity contribution >= 4 is 21.9 Å². The summed E-state index contributed by atoms with van der Waals surface area (Å²) in [6.45, 7) is 4.90. The van der Waals surface area contributed by atoms with Gasteiger partial charge in [0.05, 0.1) is 5.75 Å². The van der Waals surface area contributed by atoms with E-state index in [1.54, 1.807) is 23.4 Å². The van der Waals surface area contributed by atoms with Gasteiger partial charge >= 0.3 is 0 Å². The molecule has 2 fully saturated rings. The monoisotopic (exact) mass is 382 g/mol. The van der Waals surface area contributed by atoms with Crippen LogP contribution in [0, 0.1) is 0 Å². The van der Waals surface area contributed by atoms with Crippen LogP contribution >= 0.6 is 0 Å². The van der Waals surface area contributed by atoms with Crippen molar-refractivity contribution in [3.8, 4) is 0 Å². The summed E-state index contributed by atoms with van der Waals surface area (Å²) in [4.78, 5) is 26.7. The van der Waals surface area contributed by atoms with Gasteiger partial charge in [-0.2, -0.15) is 4.31 Å². The van der Waals surface area contributed by atoms with Gasteiger partial charge in [-0.3, -0.25) is 4.79 Å². The van der Waals surface area contributed by atoms with Crippen LogP contribution in [0.3, 0.4) is 0 Å². The van der Waals surface area contributed by atoms with E-state index in [0.29, 0.717) is 45.2 Å². The quantitative estimate of drug-likeness (QED) is 0.651. The molecule has 2 aliphatic heterocycles. The molecule has 3 rings (SSSR count). The molecule has 0 unspecified atom stereocenters. The fourth-order valence-corrected chi connectivity index (χ4v) is 4.59. The van der Waals surface area contributed by atoms with Gasteiger partial charge in [-0.05, 0) is 13.1 Å². The molecule has 0 aliphatic carbocycles. The first-order chi connectivity index (χ1) is 12.5. The smallest absolute Gasteiger partial charge is 0.225 e. The maximum Gasteiger partial charge on any atom is 0.225 e. The second-order valence-electron chi connectivity index (χ2n) is 6.68. The Hall–Kier alpha value is -1.78. The van der Waals surface area contributed by atoms with Crippen LogP contribution < -0.4 is 4.90 Å². The highest BCUT2D eigenvalue weighted by atomic mass is 32.2. The molecule has 2 saturated heterocycles. The summed E-state index contributed by atoms with van der Waals surface area (Å²) in [5, 5.41) is 0. The number of carbonyl (C=O) groups is 1. The van der Waals surface area contributed by atoms with Crippen LogP contribution in [0.15, 0.2) is 18.5 Å². The fourth-order valence-electron chi connectivity index (χ4n) is 3.18. The van der Waals surface area contributed by atoms with Crippen molar-refractivity contribution in [1.82, 2.24) is 24.1 Å². The molecule has 3 heterocycles. The molecule has 0 atom stereocenters. The normalized spacial score (nSPS) is 20.3. The lowest BCUT2D eigenvalue weighted by Gasteiger charge is -2.35. The maximum atomic E-state index is 12.4. The van der Waals surface area contributed by atoms with Gasteiger partial charge in [0.25, 0.3) is 0 Å². The summed E-state index contributed by atoms with van der Waals surface area (Å²) < 4.78 is 26.4. The molecule has 1 aromatic heterocycles. The molecular formula is C16H26N6O3S. The molecule has 0 bridgehead atoms. The highest BCUT2D eigenvalue weighted by molar-refractivity contribution is 7.89. The van der Waals surface area contributed by atoms with Gasteiger partial charge in [0.1, 0.15) is 0 Å². The van der Waals surface area contributed by atoms with Crippen LogP contribution in [0.2, 0.25) is 0 Å². The predicted molar refractivity (Wildman–Crippen MR) is 98.3 cm³/mol. The van der Waals surface area contributed by atoms with Gasteiger partial charge in [-0.1, -0.05) is 0 Å². The highest BCUT2D eigenvalue weighted by Gasteiger charge is 2.28. The Balaban J connectivity index is 1.46. The largest absolute Gasteiger partial charge is 0.339 e. The van der Waals surface area contributed by atoms with Gasteiger partial charge in [-0.25, -0.2) is 18.4 Å². The number of sulfonamides is 1. The summed E-state index contributed by atoms with van der Waals surface area (Å²) in [6, 6.07) is 1.77. The molecule has 10 heteroatoms. The average molecular weight is 382 g/mol. The summed E-state index contributed by atoms with van der Waals surface area (Å²) in [5.41, 5.74) is 0. The van der Waals surface area contributed by atoms with Crippen molar-refractivity contribution < 1.29 is 13.2 Å². The third kappa shape index (κ3) is 4.68. The average Bonchev–Trinajstić information content (AvgIpc) is 2.67. The summed E-state index contributed by atoms with van der Waals surface area (Å²) in [5.74, 6) is 0.450. The Morgan fingerprint density at radius 2 is 1.62 bits per heavy atom. The lowest BCUT2D eigenvalue weighted by atomic mass is 10.3. The number of aromatic nitrogens is 2. The van der Waals surface area contributed by atoms with Crippen LogP contribution in [-0.2, 0) is 14.8 Å². The number of hydrogen-bond donors (Lipinski definition) is 0. The van der Waals surface area contributed by atoms with Gasteiger partial charge in [0, 0.05) is 71.2 Å². The van der Waals surface area contributed by atoms with Crippen molar-refractivity contribution in [2.75, 3.05) is 70.1 Å². The van der Waals surface area contributed by atoms with Crippen molar-refractivity contribution in [3.05, 3.63) is 18.5 Å². The van der Waals surface area contributed by atoms with Gasteiger partial charge in [0.15, 0.2) is 0 Å². The first kappa shape index (κ1) is 19.0. The number of nitrogens with zero attached hydrogens (tertiary/aromatic N) is 6. The topological polar surface area (TPSA) is 90.0 Å². The molecule has 0 spiro atoms. The Kier molecular flexibility index (Phi) is 6.05. The number of amides is 1. The molecule has 0 N–H and O–H groups in total. The van der Waals surface area contributed by atoms with Crippen molar-refractivity contribution in [3.63, 3.8) is 0 Å². The Labute approximate surface area is 154 Å². The fraction of sp³-hybridized carbons (Fsp3) is 0.688.